The van der Waals surface area contributed by atoms with Crippen molar-refractivity contribution in [3.05, 3.63) is 30.3 Å². The van der Waals surface area contributed by atoms with Crippen LogP contribution in [-0.2, 0) is 4.79 Å². The van der Waals surface area contributed by atoms with Crippen LogP contribution >= 0.6 is 0 Å². The van der Waals surface area contributed by atoms with E-state index in [4.69, 9.17) is 9.84 Å². The van der Waals surface area contributed by atoms with Crippen LogP contribution in [0.5, 0.6) is 5.75 Å². The smallest absolute Gasteiger partial charge is 0.261 e. The Kier molecular flexibility index (Phi) is 4.79. The van der Waals surface area contributed by atoms with Crippen LogP contribution in [0.25, 0.3) is 0 Å². The van der Waals surface area contributed by atoms with Crippen molar-refractivity contribution in [2.24, 2.45) is 0 Å². The number of aliphatic hydroxyl groups excluding tert-OH is 1. The number of amides is 1. The Labute approximate surface area is 95.2 Å². The summed E-state index contributed by atoms with van der Waals surface area (Å²) in [5.74, 6) is 0.423. The number of carbonyl (C=O) groups excluding carboxylic acids is 1. The van der Waals surface area contributed by atoms with Crippen LogP contribution in [0, 0.1) is 0 Å². The van der Waals surface area contributed by atoms with Crippen LogP contribution in [0.1, 0.15) is 13.8 Å². The van der Waals surface area contributed by atoms with Crippen LogP contribution in [0.3, 0.4) is 0 Å². The minimum Gasteiger partial charge on any atom is -0.481 e. The number of rotatable bonds is 5. The molecule has 1 aromatic rings. The van der Waals surface area contributed by atoms with Crippen molar-refractivity contribution < 1.29 is 14.6 Å². The Morgan fingerprint density at radius 1 is 1.38 bits per heavy atom. The zero-order chi connectivity index (χ0) is 12.0. The molecule has 4 nitrogen and oxygen atoms in total. The van der Waals surface area contributed by atoms with E-state index in [0.717, 1.165) is 0 Å². The van der Waals surface area contributed by atoms with Gasteiger partial charge in [-0.1, -0.05) is 18.2 Å². The lowest BCUT2D eigenvalue weighted by Gasteiger charge is -2.17. The summed E-state index contributed by atoms with van der Waals surface area (Å²) >= 11 is 0. The minimum absolute atomic E-state index is 0.0796. The molecule has 2 N–H and O–H groups in total. The van der Waals surface area contributed by atoms with Gasteiger partial charge in [-0.05, 0) is 26.0 Å². The molecule has 1 rings (SSSR count). The summed E-state index contributed by atoms with van der Waals surface area (Å²) < 4.78 is 5.43. The maximum atomic E-state index is 11.6. The molecule has 1 amide bonds. The van der Waals surface area contributed by atoms with Gasteiger partial charge in [0.1, 0.15) is 5.75 Å². The average molecular weight is 223 g/mol. The first kappa shape index (κ1) is 12.5. The molecule has 88 valence electrons. The second kappa shape index (κ2) is 6.12. The number of carbonyl (C=O) groups is 1. The molecule has 0 saturated carbocycles. The minimum atomic E-state index is -0.573. The van der Waals surface area contributed by atoms with Gasteiger partial charge in [0.25, 0.3) is 5.91 Å². The van der Waals surface area contributed by atoms with Crippen LogP contribution in [0.2, 0.25) is 0 Å². The fourth-order valence-electron chi connectivity index (χ4n) is 1.16. The summed E-state index contributed by atoms with van der Waals surface area (Å²) in [7, 11) is 0. The number of hydrogen-bond donors (Lipinski definition) is 2. The maximum Gasteiger partial charge on any atom is 0.261 e. The van der Waals surface area contributed by atoms with Crippen LogP contribution in [0.4, 0.5) is 0 Å². The molecule has 0 aliphatic rings. The highest BCUT2D eigenvalue weighted by Crippen LogP contribution is 2.10. The summed E-state index contributed by atoms with van der Waals surface area (Å²) in [5.41, 5.74) is 0. The highest BCUT2D eigenvalue weighted by atomic mass is 16.5. The third-order valence-corrected chi connectivity index (χ3v) is 2.09. The van der Waals surface area contributed by atoms with Crippen molar-refractivity contribution in [3.63, 3.8) is 0 Å². The first-order valence-electron chi connectivity index (χ1n) is 5.26. The lowest BCUT2D eigenvalue weighted by atomic mass is 10.3. The Bertz CT molecular complexity index is 326. The number of nitrogens with one attached hydrogen (secondary N) is 1. The molecular weight excluding hydrogens is 206 g/mol. The van der Waals surface area contributed by atoms with Gasteiger partial charge in [-0.25, -0.2) is 0 Å². The molecule has 0 heterocycles. The van der Waals surface area contributed by atoms with Crippen molar-refractivity contribution in [1.82, 2.24) is 5.32 Å². The summed E-state index contributed by atoms with van der Waals surface area (Å²) in [4.78, 5) is 11.6. The second-order valence-corrected chi connectivity index (χ2v) is 3.67. The van der Waals surface area contributed by atoms with Crippen LogP contribution in [0.15, 0.2) is 30.3 Å². The van der Waals surface area contributed by atoms with Crippen LogP contribution in [-0.4, -0.2) is 29.8 Å². The predicted octanol–water partition coefficient (Wildman–Crippen LogP) is 0.951. The van der Waals surface area contributed by atoms with Crippen molar-refractivity contribution in [2.45, 2.75) is 26.0 Å². The van der Waals surface area contributed by atoms with E-state index in [9.17, 15) is 4.79 Å². The molecule has 2 unspecified atom stereocenters. The van der Waals surface area contributed by atoms with E-state index in [2.05, 4.69) is 5.32 Å². The molecule has 1 aromatic carbocycles. The van der Waals surface area contributed by atoms with Crippen LogP contribution < -0.4 is 10.1 Å². The molecule has 16 heavy (non-hydrogen) atoms. The topological polar surface area (TPSA) is 58.6 Å². The molecular formula is C12H17NO3. The van der Waals surface area contributed by atoms with Crippen molar-refractivity contribution >= 4 is 5.91 Å². The second-order valence-electron chi connectivity index (χ2n) is 3.67. The molecule has 0 fully saturated rings. The zero-order valence-corrected chi connectivity index (χ0v) is 9.51. The SMILES string of the molecule is CC(CO)NC(=O)C(C)Oc1ccccc1. The summed E-state index contributed by atoms with van der Waals surface area (Å²) in [6.45, 7) is 3.32. The Balaban J connectivity index is 2.46. The van der Waals surface area contributed by atoms with Gasteiger partial charge in [0, 0.05) is 6.04 Å². The van der Waals surface area contributed by atoms with Gasteiger partial charge in [0.05, 0.1) is 6.61 Å². The predicted molar refractivity (Wildman–Crippen MR) is 61.2 cm³/mol. The number of hydrogen-bond acceptors (Lipinski definition) is 3. The van der Waals surface area contributed by atoms with E-state index in [1.165, 1.54) is 0 Å². The summed E-state index contributed by atoms with van der Waals surface area (Å²) in [6, 6.07) is 8.89. The van der Waals surface area contributed by atoms with Gasteiger partial charge in [-0.2, -0.15) is 0 Å². The van der Waals surface area contributed by atoms with Gasteiger partial charge < -0.3 is 15.2 Å². The van der Waals surface area contributed by atoms with Gasteiger partial charge in [0.2, 0.25) is 0 Å². The average Bonchev–Trinajstić information content (AvgIpc) is 2.30. The third-order valence-electron chi connectivity index (χ3n) is 2.09. The summed E-state index contributed by atoms with van der Waals surface area (Å²) in [6.07, 6.45) is -0.573. The molecule has 0 aliphatic carbocycles. The fraction of sp³-hybridized carbons (Fsp3) is 0.417. The van der Waals surface area contributed by atoms with Gasteiger partial charge >= 0.3 is 0 Å². The molecule has 0 aromatic heterocycles. The van der Waals surface area contributed by atoms with Gasteiger partial charge in [0.15, 0.2) is 6.10 Å². The molecule has 0 saturated heterocycles. The Morgan fingerprint density at radius 2 is 2.00 bits per heavy atom. The number of para-hydroxylation sites is 1. The number of ether oxygens (including phenoxy) is 1. The van der Waals surface area contributed by atoms with E-state index in [-0.39, 0.29) is 18.6 Å². The fourth-order valence-corrected chi connectivity index (χ4v) is 1.16. The lowest BCUT2D eigenvalue weighted by Crippen LogP contribution is -2.42. The normalized spacial score (nSPS) is 13.9. The van der Waals surface area contributed by atoms with E-state index < -0.39 is 6.10 Å². The molecule has 0 spiro atoms. The quantitative estimate of drug-likeness (QED) is 0.781. The zero-order valence-electron chi connectivity index (χ0n) is 9.51. The largest absolute Gasteiger partial charge is 0.481 e. The molecule has 4 heteroatoms. The van der Waals surface area contributed by atoms with E-state index >= 15 is 0 Å². The van der Waals surface area contributed by atoms with E-state index in [1.54, 1.807) is 26.0 Å². The molecule has 0 radical (unpaired) electrons. The standard InChI is InChI=1S/C12H17NO3/c1-9(8-14)13-12(15)10(2)16-11-6-4-3-5-7-11/h3-7,9-10,14H,8H2,1-2H3,(H,13,15). The molecule has 0 aliphatic heterocycles. The first-order chi connectivity index (χ1) is 7.63. The summed E-state index contributed by atoms with van der Waals surface area (Å²) in [5, 5.41) is 11.4. The maximum absolute atomic E-state index is 11.6. The van der Waals surface area contributed by atoms with Crippen molar-refractivity contribution in [3.8, 4) is 5.75 Å². The highest BCUT2D eigenvalue weighted by Gasteiger charge is 2.16. The van der Waals surface area contributed by atoms with Crippen molar-refractivity contribution in [1.29, 1.82) is 0 Å². The Hall–Kier alpha value is -1.55. The molecule has 0 bridgehead atoms. The van der Waals surface area contributed by atoms with Crippen molar-refractivity contribution in [2.75, 3.05) is 6.61 Å². The van der Waals surface area contributed by atoms with E-state index in [0.29, 0.717) is 5.75 Å². The number of benzene rings is 1. The Morgan fingerprint density at radius 3 is 2.56 bits per heavy atom. The molecule has 2 atom stereocenters. The van der Waals surface area contributed by atoms with E-state index in [1.807, 2.05) is 18.2 Å². The lowest BCUT2D eigenvalue weighted by molar-refractivity contribution is -0.128. The van der Waals surface area contributed by atoms with Gasteiger partial charge in [-0.3, -0.25) is 4.79 Å². The number of aliphatic hydroxyl groups is 1. The monoisotopic (exact) mass is 223 g/mol. The van der Waals surface area contributed by atoms with Gasteiger partial charge in [-0.15, -0.1) is 0 Å². The first-order valence-corrected chi connectivity index (χ1v) is 5.26. The highest BCUT2D eigenvalue weighted by molar-refractivity contribution is 5.80. The third kappa shape index (κ3) is 3.90.